The number of methoxy groups -OCH3 is 1. The summed E-state index contributed by atoms with van der Waals surface area (Å²) < 4.78 is 5.07. The van der Waals surface area contributed by atoms with Crippen LogP contribution in [0, 0.1) is 0 Å². The molecule has 2 rings (SSSR count). The molecule has 1 fully saturated rings. The second-order valence-corrected chi connectivity index (χ2v) is 7.26. The fourth-order valence-electron chi connectivity index (χ4n) is 3.24. The van der Waals surface area contributed by atoms with E-state index in [0.29, 0.717) is 17.1 Å². The van der Waals surface area contributed by atoms with E-state index in [1.807, 2.05) is 0 Å². The number of nitrogens with one attached hydrogen (secondary N) is 3. The van der Waals surface area contributed by atoms with Crippen LogP contribution < -0.4 is 20.8 Å². The third-order valence-electron chi connectivity index (χ3n) is 4.77. The molecule has 0 heterocycles. The molecule has 0 bridgehead atoms. The highest BCUT2D eigenvalue weighted by Gasteiger charge is 2.16. The zero-order valence-corrected chi connectivity index (χ0v) is 17.1. The lowest BCUT2D eigenvalue weighted by molar-refractivity contribution is -0.136. The highest BCUT2D eigenvalue weighted by molar-refractivity contribution is 6.39. The number of rotatable bonds is 6. The Balaban J connectivity index is 1.77. The Kier molecular flexibility index (Phi) is 9.14. The fraction of sp³-hybridized carbons (Fsp3) is 0.524. The first-order valence-corrected chi connectivity index (χ1v) is 10.1. The number of nitrogens with zero attached hydrogens (tertiary/aromatic N) is 1. The molecule has 3 amide bonds. The molecule has 1 aliphatic carbocycles. The van der Waals surface area contributed by atoms with Gasteiger partial charge in [-0.15, -0.1) is 0 Å². The van der Waals surface area contributed by atoms with Crippen LogP contribution in [-0.2, 0) is 14.4 Å². The maximum absolute atomic E-state index is 12.2. The van der Waals surface area contributed by atoms with Gasteiger partial charge in [-0.1, -0.05) is 38.2 Å². The third kappa shape index (κ3) is 8.33. The van der Waals surface area contributed by atoms with E-state index in [1.165, 1.54) is 26.4 Å². The number of hydrogen-bond acceptors (Lipinski definition) is 5. The molecule has 158 valence electrons. The lowest BCUT2D eigenvalue weighted by Crippen LogP contribution is -2.36. The van der Waals surface area contributed by atoms with Gasteiger partial charge in [0.15, 0.2) is 0 Å². The lowest BCUT2D eigenvalue weighted by atomic mass is 9.96. The maximum atomic E-state index is 12.2. The van der Waals surface area contributed by atoms with Gasteiger partial charge in [0.05, 0.1) is 13.5 Å². The van der Waals surface area contributed by atoms with Gasteiger partial charge in [0.2, 0.25) is 5.91 Å². The van der Waals surface area contributed by atoms with E-state index in [9.17, 15) is 14.4 Å². The van der Waals surface area contributed by atoms with Crippen LogP contribution in [0.4, 0.5) is 5.69 Å². The number of hydrogen-bond donors (Lipinski definition) is 3. The summed E-state index contributed by atoms with van der Waals surface area (Å²) >= 11 is 0. The number of hydrazone groups is 1. The summed E-state index contributed by atoms with van der Waals surface area (Å²) in [5.41, 5.74) is 3.04. The van der Waals surface area contributed by atoms with E-state index < -0.39 is 11.8 Å². The molecular weight excluding hydrogens is 372 g/mol. The van der Waals surface area contributed by atoms with Crippen LogP contribution in [0.5, 0.6) is 5.75 Å². The first-order valence-electron chi connectivity index (χ1n) is 10.1. The van der Waals surface area contributed by atoms with Gasteiger partial charge in [-0.25, -0.2) is 5.43 Å². The molecule has 0 unspecified atom stereocenters. The first kappa shape index (κ1) is 22.4. The zero-order chi connectivity index (χ0) is 21.1. The number of carbonyl (C=O) groups excluding carboxylic acids is 3. The van der Waals surface area contributed by atoms with Gasteiger partial charge in [0, 0.05) is 23.5 Å². The molecule has 1 aromatic carbocycles. The number of benzene rings is 1. The summed E-state index contributed by atoms with van der Waals surface area (Å²) in [6, 6.07) is 6.87. The molecule has 0 aliphatic heterocycles. The van der Waals surface area contributed by atoms with Crippen molar-refractivity contribution in [1.82, 2.24) is 10.7 Å². The second kappa shape index (κ2) is 11.8. The van der Waals surface area contributed by atoms with E-state index in [0.717, 1.165) is 25.7 Å². The Labute approximate surface area is 171 Å². The Morgan fingerprint density at radius 2 is 1.76 bits per heavy atom. The van der Waals surface area contributed by atoms with E-state index >= 15 is 0 Å². The van der Waals surface area contributed by atoms with Crippen LogP contribution in [0.15, 0.2) is 29.4 Å². The van der Waals surface area contributed by atoms with E-state index in [4.69, 9.17) is 4.74 Å². The molecule has 0 atom stereocenters. The average molecular weight is 402 g/mol. The van der Waals surface area contributed by atoms with Gasteiger partial charge in [0.25, 0.3) is 0 Å². The van der Waals surface area contributed by atoms with Gasteiger partial charge in [-0.2, -0.15) is 5.10 Å². The minimum atomic E-state index is -0.910. The molecule has 1 aromatic rings. The zero-order valence-electron chi connectivity index (χ0n) is 17.1. The average Bonchev–Trinajstić information content (AvgIpc) is 2.68. The molecule has 0 aromatic heterocycles. The Hall–Kier alpha value is -2.90. The SMILES string of the molecule is COc1cccc(NC(=O)C(=O)N/N=C(/C)CC(=O)NC2CCCCCCC2)c1. The quantitative estimate of drug-likeness (QED) is 0.386. The van der Waals surface area contributed by atoms with Gasteiger partial charge >= 0.3 is 11.8 Å². The van der Waals surface area contributed by atoms with E-state index in [1.54, 1.807) is 31.2 Å². The molecule has 8 nitrogen and oxygen atoms in total. The highest BCUT2D eigenvalue weighted by Crippen LogP contribution is 2.17. The monoisotopic (exact) mass is 402 g/mol. The van der Waals surface area contributed by atoms with Crippen LogP contribution in [0.2, 0.25) is 0 Å². The van der Waals surface area contributed by atoms with Crippen LogP contribution in [0.25, 0.3) is 0 Å². The van der Waals surface area contributed by atoms with Crippen molar-refractivity contribution in [2.75, 3.05) is 12.4 Å². The molecule has 0 radical (unpaired) electrons. The minimum absolute atomic E-state index is 0.0777. The van der Waals surface area contributed by atoms with Crippen molar-refractivity contribution in [3.8, 4) is 5.75 Å². The number of carbonyl (C=O) groups is 3. The standard InChI is InChI=1S/C21H30N4O4/c1-15(13-19(26)22-16-9-6-4-3-5-7-10-16)24-25-21(28)20(27)23-17-11-8-12-18(14-17)29-2/h8,11-12,14,16H,3-7,9-10,13H2,1-2H3,(H,22,26)(H,23,27)(H,25,28)/b24-15-. The lowest BCUT2D eigenvalue weighted by Gasteiger charge is -2.21. The summed E-state index contributed by atoms with van der Waals surface area (Å²) in [4.78, 5) is 36.1. The van der Waals surface area contributed by atoms with Crippen LogP contribution >= 0.6 is 0 Å². The van der Waals surface area contributed by atoms with Crippen molar-refractivity contribution in [2.24, 2.45) is 5.10 Å². The Morgan fingerprint density at radius 1 is 1.07 bits per heavy atom. The Bertz CT molecular complexity index is 740. The normalized spacial score (nSPS) is 15.6. The largest absolute Gasteiger partial charge is 0.497 e. The topological polar surface area (TPSA) is 109 Å². The number of ether oxygens (including phenoxy) is 1. The molecule has 8 heteroatoms. The van der Waals surface area contributed by atoms with Gasteiger partial charge < -0.3 is 15.4 Å². The fourth-order valence-corrected chi connectivity index (χ4v) is 3.24. The summed E-state index contributed by atoms with van der Waals surface area (Å²) in [7, 11) is 1.51. The Morgan fingerprint density at radius 3 is 2.45 bits per heavy atom. The van der Waals surface area contributed by atoms with Gasteiger partial charge in [-0.3, -0.25) is 14.4 Å². The van der Waals surface area contributed by atoms with E-state index in [2.05, 4.69) is 21.2 Å². The van der Waals surface area contributed by atoms with Crippen LogP contribution in [-0.4, -0.2) is 36.6 Å². The van der Waals surface area contributed by atoms with Crippen molar-refractivity contribution in [2.45, 2.75) is 64.3 Å². The van der Waals surface area contributed by atoms with Gasteiger partial charge in [-0.05, 0) is 31.9 Å². The first-order chi connectivity index (χ1) is 14.0. The van der Waals surface area contributed by atoms with Crippen molar-refractivity contribution < 1.29 is 19.1 Å². The van der Waals surface area contributed by atoms with Crippen molar-refractivity contribution in [3.63, 3.8) is 0 Å². The van der Waals surface area contributed by atoms with Crippen LogP contribution in [0.3, 0.4) is 0 Å². The predicted octanol–water partition coefficient (Wildman–Crippen LogP) is 2.75. The van der Waals surface area contributed by atoms with E-state index in [-0.39, 0.29) is 18.4 Å². The van der Waals surface area contributed by atoms with Gasteiger partial charge in [0.1, 0.15) is 5.75 Å². The summed E-state index contributed by atoms with van der Waals surface area (Å²) in [6.45, 7) is 1.64. The third-order valence-corrected chi connectivity index (χ3v) is 4.77. The minimum Gasteiger partial charge on any atom is -0.497 e. The highest BCUT2D eigenvalue weighted by atomic mass is 16.5. The number of amides is 3. The summed E-state index contributed by atoms with van der Waals surface area (Å²) in [5.74, 6) is -1.32. The predicted molar refractivity (Wildman–Crippen MR) is 112 cm³/mol. The molecular formula is C21H30N4O4. The molecule has 1 aliphatic rings. The summed E-state index contributed by atoms with van der Waals surface area (Å²) in [5, 5.41) is 9.37. The number of anilines is 1. The molecule has 29 heavy (non-hydrogen) atoms. The molecule has 0 spiro atoms. The molecule has 3 N–H and O–H groups in total. The van der Waals surface area contributed by atoms with Crippen molar-refractivity contribution >= 4 is 29.1 Å². The van der Waals surface area contributed by atoms with Crippen molar-refractivity contribution in [1.29, 1.82) is 0 Å². The second-order valence-electron chi connectivity index (χ2n) is 7.26. The van der Waals surface area contributed by atoms with Crippen molar-refractivity contribution in [3.05, 3.63) is 24.3 Å². The summed E-state index contributed by atoms with van der Waals surface area (Å²) in [6.07, 6.45) is 8.07. The smallest absolute Gasteiger partial charge is 0.329 e. The van der Waals surface area contributed by atoms with Crippen LogP contribution in [0.1, 0.15) is 58.3 Å². The molecule has 1 saturated carbocycles. The molecule has 0 saturated heterocycles. The maximum Gasteiger partial charge on any atom is 0.329 e.